The molecule has 1 unspecified atom stereocenters. The predicted octanol–water partition coefficient (Wildman–Crippen LogP) is 2.38. The van der Waals surface area contributed by atoms with Gasteiger partial charge < -0.3 is 10.7 Å². The molecule has 0 saturated carbocycles. The van der Waals surface area contributed by atoms with Crippen LogP contribution in [0.1, 0.15) is 33.1 Å². The molecule has 1 heterocycles. The van der Waals surface area contributed by atoms with Crippen molar-refractivity contribution in [1.82, 2.24) is 11.0 Å². The van der Waals surface area contributed by atoms with Crippen LogP contribution in [0.4, 0.5) is 11.4 Å². The molecular formula is C15H24N4O2S. The average Bonchev–Trinajstić information content (AvgIpc) is 3.00. The van der Waals surface area contributed by atoms with Gasteiger partial charge in [0.2, 0.25) is 0 Å². The Morgan fingerprint density at radius 1 is 1.32 bits per heavy atom. The van der Waals surface area contributed by atoms with Crippen LogP contribution in [0.3, 0.4) is 0 Å². The first-order valence-electron chi connectivity index (χ1n) is 7.53. The van der Waals surface area contributed by atoms with Crippen molar-refractivity contribution >= 4 is 21.2 Å². The Kier molecular flexibility index (Phi) is 5.31. The van der Waals surface area contributed by atoms with E-state index in [1.54, 1.807) is 23.3 Å². The van der Waals surface area contributed by atoms with Crippen LogP contribution in [0.15, 0.2) is 35.5 Å². The second-order valence-corrected chi connectivity index (χ2v) is 7.45. The van der Waals surface area contributed by atoms with Gasteiger partial charge in [-0.15, -0.1) is 5.53 Å². The monoisotopic (exact) mass is 324 g/mol. The summed E-state index contributed by atoms with van der Waals surface area (Å²) in [5, 5.41) is 5.28. The molecule has 6 nitrogen and oxygen atoms in total. The number of hydrazine groups is 2. The van der Waals surface area contributed by atoms with Crippen LogP contribution in [0.25, 0.3) is 0 Å². The molecule has 0 spiro atoms. The smallest absolute Gasteiger partial charge is 0.175 e. The lowest BCUT2D eigenvalue weighted by Crippen LogP contribution is -2.36. The minimum absolute atomic E-state index is 0.304. The summed E-state index contributed by atoms with van der Waals surface area (Å²) in [4.78, 5) is 0.304. The summed E-state index contributed by atoms with van der Waals surface area (Å²) in [6, 6.07) is 5.53. The summed E-state index contributed by atoms with van der Waals surface area (Å²) < 4.78 is 23.6. The first-order valence-corrected chi connectivity index (χ1v) is 9.42. The Morgan fingerprint density at radius 2 is 2.09 bits per heavy atom. The van der Waals surface area contributed by atoms with Gasteiger partial charge in [-0.3, -0.25) is 5.01 Å². The molecule has 3 N–H and O–H groups in total. The first kappa shape index (κ1) is 16.6. The number of benzene rings is 1. The van der Waals surface area contributed by atoms with E-state index in [0.717, 1.165) is 30.6 Å². The van der Waals surface area contributed by atoms with Gasteiger partial charge in [0, 0.05) is 24.7 Å². The largest absolute Gasteiger partial charge is 0.381 e. The summed E-state index contributed by atoms with van der Waals surface area (Å²) in [7, 11) is -3.24. The molecule has 1 aliphatic heterocycles. The van der Waals surface area contributed by atoms with Gasteiger partial charge in [0.1, 0.15) is 0 Å². The Bertz CT molecular complexity index is 643. The van der Waals surface area contributed by atoms with Gasteiger partial charge in [-0.25, -0.2) is 8.42 Å². The molecule has 0 amide bonds. The van der Waals surface area contributed by atoms with E-state index < -0.39 is 9.84 Å². The summed E-state index contributed by atoms with van der Waals surface area (Å²) in [6.45, 7) is 4.31. The molecule has 7 heteroatoms. The van der Waals surface area contributed by atoms with Crippen LogP contribution >= 0.6 is 0 Å². The molecular weight excluding hydrogens is 300 g/mol. The van der Waals surface area contributed by atoms with Gasteiger partial charge in [-0.1, -0.05) is 20.3 Å². The number of sulfone groups is 1. The van der Waals surface area contributed by atoms with Crippen LogP contribution in [0.5, 0.6) is 0 Å². The molecule has 22 heavy (non-hydrogen) atoms. The minimum Gasteiger partial charge on any atom is -0.381 e. The number of nitrogens with one attached hydrogen (secondary N) is 3. The SMILES string of the molecule is CCCC(CC)Nc1ccc(S(C)(=O)=O)cc1N1C=CNN1. The average molecular weight is 324 g/mol. The quantitative estimate of drug-likeness (QED) is 0.715. The molecule has 0 saturated heterocycles. The van der Waals surface area contributed by atoms with Gasteiger partial charge in [0.25, 0.3) is 0 Å². The molecule has 0 fully saturated rings. The fourth-order valence-electron chi connectivity index (χ4n) is 2.41. The third-order valence-corrected chi connectivity index (χ3v) is 4.75. The predicted molar refractivity (Wildman–Crippen MR) is 90.1 cm³/mol. The Labute approximate surface area is 132 Å². The maximum Gasteiger partial charge on any atom is 0.175 e. The first-order chi connectivity index (χ1) is 10.5. The van der Waals surface area contributed by atoms with Crippen molar-refractivity contribution in [1.29, 1.82) is 0 Å². The highest BCUT2D eigenvalue weighted by Crippen LogP contribution is 2.30. The maximum absolute atomic E-state index is 11.8. The van der Waals surface area contributed by atoms with Crippen LogP contribution in [0, 0.1) is 0 Å². The van der Waals surface area contributed by atoms with E-state index in [2.05, 4.69) is 30.1 Å². The van der Waals surface area contributed by atoms with Crippen molar-refractivity contribution in [3.63, 3.8) is 0 Å². The second kappa shape index (κ2) is 7.02. The summed E-state index contributed by atoms with van der Waals surface area (Å²) >= 11 is 0. The number of anilines is 2. The van der Waals surface area contributed by atoms with Gasteiger partial charge in [0.15, 0.2) is 9.84 Å². The maximum atomic E-state index is 11.8. The minimum atomic E-state index is -3.24. The van der Waals surface area contributed by atoms with Crippen LogP contribution < -0.4 is 21.3 Å². The van der Waals surface area contributed by atoms with Crippen LogP contribution in [-0.2, 0) is 9.84 Å². The molecule has 0 aromatic heterocycles. The van der Waals surface area contributed by atoms with E-state index in [1.807, 2.05) is 12.3 Å². The lowest BCUT2D eigenvalue weighted by molar-refractivity contribution is 0.601. The van der Waals surface area contributed by atoms with E-state index >= 15 is 0 Å². The summed E-state index contributed by atoms with van der Waals surface area (Å²) in [5.74, 6) is 0. The van der Waals surface area contributed by atoms with Crippen molar-refractivity contribution in [3.05, 3.63) is 30.6 Å². The zero-order valence-corrected chi connectivity index (χ0v) is 14.1. The van der Waals surface area contributed by atoms with E-state index in [-0.39, 0.29) is 0 Å². The van der Waals surface area contributed by atoms with E-state index in [1.165, 1.54) is 6.26 Å². The molecule has 122 valence electrons. The van der Waals surface area contributed by atoms with Crippen molar-refractivity contribution in [3.8, 4) is 0 Å². The van der Waals surface area contributed by atoms with Gasteiger partial charge in [0.05, 0.1) is 16.3 Å². The molecule has 0 bridgehead atoms. The summed E-state index contributed by atoms with van der Waals surface area (Å²) in [5.41, 5.74) is 7.51. The van der Waals surface area contributed by atoms with E-state index in [9.17, 15) is 8.42 Å². The molecule has 0 aliphatic carbocycles. The topological polar surface area (TPSA) is 73.5 Å². The van der Waals surface area contributed by atoms with Gasteiger partial charge in [-0.05, 0) is 31.0 Å². The third-order valence-electron chi connectivity index (χ3n) is 3.64. The molecule has 0 radical (unpaired) electrons. The van der Waals surface area contributed by atoms with Crippen molar-refractivity contribution in [2.45, 2.75) is 44.0 Å². The molecule has 1 aromatic carbocycles. The molecule has 1 aliphatic rings. The lowest BCUT2D eigenvalue weighted by atomic mass is 10.1. The van der Waals surface area contributed by atoms with E-state index in [4.69, 9.17) is 0 Å². The molecule has 1 aromatic rings. The number of nitrogens with zero attached hydrogens (tertiary/aromatic N) is 1. The van der Waals surface area contributed by atoms with Gasteiger partial charge in [-0.2, -0.15) is 0 Å². The Balaban J connectivity index is 2.37. The van der Waals surface area contributed by atoms with E-state index in [0.29, 0.717) is 10.9 Å². The second-order valence-electron chi connectivity index (χ2n) is 5.43. The standard InChI is InChI=1S/C15H24N4O2S/c1-4-6-12(5-2)17-14-8-7-13(22(3,20)21)11-15(14)19-10-9-16-18-19/h7-12,16-18H,4-6H2,1-3H3. The molecule has 2 rings (SSSR count). The highest BCUT2D eigenvalue weighted by Gasteiger charge is 2.17. The van der Waals surface area contributed by atoms with Gasteiger partial charge >= 0.3 is 0 Å². The third kappa shape index (κ3) is 3.92. The Hall–Kier alpha value is -1.73. The van der Waals surface area contributed by atoms with Crippen molar-refractivity contribution in [2.75, 3.05) is 16.6 Å². The lowest BCUT2D eigenvalue weighted by Gasteiger charge is -2.24. The number of hydrogen-bond donors (Lipinski definition) is 3. The fraction of sp³-hybridized carbons (Fsp3) is 0.467. The van der Waals surface area contributed by atoms with Crippen LogP contribution in [0.2, 0.25) is 0 Å². The fourth-order valence-corrected chi connectivity index (χ4v) is 3.05. The normalized spacial score (nSPS) is 15.7. The Morgan fingerprint density at radius 3 is 2.64 bits per heavy atom. The van der Waals surface area contributed by atoms with Crippen LogP contribution in [-0.4, -0.2) is 20.7 Å². The molecule has 1 atom stereocenters. The summed E-state index contributed by atoms with van der Waals surface area (Å²) in [6.07, 6.45) is 7.98. The highest BCUT2D eigenvalue weighted by atomic mass is 32.2. The van der Waals surface area contributed by atoms with Crippen molar-refractivity contribution in [2.24, 2.45) is 0 Å². The van der Waals surface area contributed by atoms with Crippen molar-refractivity contribution < 1.29 is 8.42 Å². The number of rotatable bonds is 7. The zero-order chi connectivity index (χ0) is 16.2. The zero-order valence-electron chi connectivity index (χ0n) is 13.3. The number of hydrogen-bond acceptors (Lipinski definition) is 6. The highest BCUT2D eigenvalue weighted by molar-refractivity contribution is 7.90.